The zero-order valence-electron chi connectivity index (χ0n) is 18.4. The van der Waals surface area contributed by atoms with E-state index in [0.717, 1.165) is 34.2 Å². The summed E-state index contributed by atoms with van der Waals surface area (Å²) in [6, 6.07) is 8.98. The molecule has 1 aliphatic heterocycles. The largest absolute Gasteiger partial charge is 0.330 e. The van der Waals surface area contributed by atoms with Gasteiger partial charge in [-0.2, -0.15) is 5.10 Å². The van der Waals surface area contributed by atoms with Gasteiger partial charge in [0.25, 0.3) is 5.91 Å². The fourth-order valence-corrected chi connectivity index (χ4v) is 4.66. The number of nitrogens with zero attached hydrogens (tertiary/aromatic N) is 4. The van der Waals surface area contributed by atoms with Crippen LogP contribution in [0.15, 0.2) is 42.6 Å². The molecule has 3 heterocycles. The summed E-state index contributed by atoms with van der Waals surface area (Å²) in [5.41, 5.74) is 4.63. The maximum absolute atomic E-state index is 13.9. The predicted molar refractivity (Wildman–Crippen MR) is 118 cm³/mol. The second kappa shape index (κ2) is 7.72. The zero-order valence-corrected chi connectivity index (χ0v) is 18.4. The molecule has 5 rings (SSSR count). The van der Waals surface area contributed by atoms with Gasteiger partial charge in [0.2, 0.25) is 0 Å². The average Bonchev–Trinajstić information content (AvgIpc) is 3.14. The Morgan fingerprint density at radius 3 is 2.55 bits per heavy atom. The van der Waals surface area contributed by atoms with Gasteiger partial charge in [-0.05, 0) is 62.2 Å². The number of benzene rings is 2. The van der Waals surface area contributed by atoms with Gasteiger partial charge in [0, 0.05) is 41.9 Å². The smallest absolute Gasteiger partial charge is 0.254 e. The topological polar surface area (TPSA) is 51.0 Å². The molecule has 4 aromatic rings. The van der Waals surface area contributed by atoms with Crippen LogP contribution in [0.25, 0.3) is 22.2 Å². The summed E-state index contributed by atoms with van der Waals surface area (Å²) in [7, 11) is 1.67. The van der Waals surface area contributed by atoms with Gasteiger partial charge in [0.1, 0.15) is 0 Å². The van der Waals surface area contributed by atoms with E-state index in [2.05, 4.69) is 10.1 Å². The molecule has 5 nitrogen and oxygen atoms in total. The van der Waals surface area contributed by atoms with Gasteiger partial charge >= 0.3 is 0 Å². The molecular weight excluding hydrogens is 429 g/mol. The summed E-state index contributed by atoms with van der Waals surface area (Å²) in [5, 5.41) is 5.48. The molecule has 1 aliphatic rings. The lowest BCUT2D eigenvalue weighted by atomic mass is 9.94. The van der Waals surface area contributed by atoms with Crippen LogP contribution in [0.4, 0.5) is 13.2 Å². The molecule has 0 saturated heterocycles. The van der Waals surface area contributed by atoms with Crippen LogP contribution in [0.3, 0.4) is 0 Å². The molecule has 0 unspecified atom stereocenters. The minimum Gasteiger partial charge on any atom is -0.330 e. The lowest BCUT2D eigenvalue weighted by Gasteiger charge is -2.33. The molecule has 2 aromatic heterocycles. The molecule has 0 bridgehead atoms. The summed E-state index contributed by atoms with van der Waals surface area (Å²) >= 11 is 0. The first-order chi connectivity index (χ1) is 15.8. The molecule has 0 radical (unpaired) electrons. The summed E-state index contributed by atoms with van der Waals surface area (Å²) in [6.07, 6.45) is 2.20. The zero-order chi connectivity index (χ0) is 23.4. The predicted octanol–water partition coefficient (Wildman–Crippen LogP) is 5.12. The molecule has 0 aliphatic carbocycles. The fraction of sp³-hybridized carbons (Fsp3) is 0.240. The minimum atomic E-state index is -1.50. The van der Waals surface area contributed by atoms with E-state index in [4.69, 9.17) is 0 Å². The van der Waals surface area contributed by atoms with Gasteiger partial charge < -0.3 is 4.90 Å². The number of aromatic nitrogens is 3. The van der Waals surface area contributed by atoms with Gasteiger partial charge in [0.05, 0.1) is 22.9 Å². The summed E-state index contributed by atoms with van der Waals surface area (Å²) in [6.45, 7) is 4.28. The van der Waals surface area contributed by atoms with Crippen LogP contribution >= 0.6 is 0 Å². The van der Waals surface area contributed by atoms with Gasteiger partial charge in [-0.25, -0.2) is 13.2 Å². The van der Waals surface area contributed by atoms with Crippen LogP contribution in [-0.4, -0.2) is 32.1 Å². The molecular formula is C25H21F3N4O. The molecule has 168 valence electrons. The fourth-order valence-electron chi connectivity index (χ4n) is 4.66. The number of aryl methyl sites for hydroxylation is 2. The van der Waals surface area contributed by atoms with E-state index >= 15 is 0 Å². The second-order valence-electron chi connectivity index (χ2n) is 8.37. The molecule has 8 heteroatoms. The van der Waals surface area contributed by atoms with Crippen LogP contribution in [0, 0.1) is 24.4 Å². The van der Waals surface area contributed by atoms with Crippen molar-refractivity contribution >= 4 is 16.8 Å². The van der Waals surface area contributed by atoms with Crippen molar-refractivity contribution in [3.63, 3.8) is 0 Å². The monoisotopic (exact) mass is 450 g/mol. The standard InChI is InChI=1S/C25H21F3N4O/c1-13-6-8-29-21-5-4-15(10-18(13)21)25(33)32-9-7-17-23(14(32)2)30-31(3)24(17)16-11-19(26)22(28)20(27)12-16/h4-6,8,10-12,14H,7,9H2,1-3H3/t14-/m0/s1. The Hall–Kier alpha value is -3.68. The van der Waals surface area contributed by atoms with E-state index in [1.54, 1.807) is 24.2 Å². The van der Waals surface area contributed by atoms with Crippen LogP contribution in [0.1, 0.15) is 40.1 Å². The quantitative estimate of drug-likeness (QED) is 0.399. The highest BCUT2D eigenvalue weighted by Crippen LogP contribution is 2.37. The number of pyridine rings is 1. The van der Waals surface area contributed by atoms with E-state index in [-0.39, 0.29) is 17.5 Å². The van der Waals surface area contributed by atoms with Crippen molar-refractivity contribution in [2.75, 3.05) is 6.54 Å². The third kappa shape index (κ3) is 3.37. The molecule has 2 aromatic carbocycles. The number of hydrogen-bond acceptors (Lipinski definition) is 3. The number of amides is 1. The summed E-state index contributed by atoms with van der Waals surface area (Å²) < 4.78 is 42.7. The molecule has 0 fully saturated rings. The Morgan fingerprint density at radius 1 is 1.09 bits per heavy atom. The van der Waals surface area contributed by atoms with Crippen LogP contribution < -0.4 is 0 Å². The first kappa shape index (κ1) is 21.2. The number of halogens is 3. The molecule has 1 amide bonds. The molecule has 33 heavy (non-hydrogen) atoms. The minimum absolute atomic E-state index is 0.121. The Kier molecular flexibility index (Phi) is 4.96. The number of rotatable bonds is 2. The van der Waals surface area contributed by atoms with Crippen LogP contribution in [0.5, 0.6) is 0 Å². The Morgan fingerprint density at radius 2 is 1.82 bits per heavy atom. The van der Waals surface area contributed by atoms with Gasteiger partial charge in [-0.3, -0.25) is 14.5 Å². The third-order valence-electron chi connectivity index (χ3n) is 6.37. The third-order valence-corrected chi connectivity index (χ3v) is 6.37. The maximum atomic E-state index is 13.9. The van der Waals surface area contributed by atoms with E-state index in [0.29, 0.717) is 29.9 Å². The summed E-state index contributed by atoms with van der Waals surface area (Å²) in [5.74, 6) is -4.12. The van der Waals surface area contributed by atoms with Crippen molar-refractivity contribution in [2.45, 2.75) is 26.3 Å². The normalized spacial score (nSPS) is 15.7. The molecule has 1 atom stereocenters. The molecule has 0 N–H and O–H groups in total. The van der Waals surface area contributed by atoms with Gasteiger partial charge in [0.15, 0.2) is 17.5 Å². The average molecular weight is 450 g/mol. The SMILES string of the molecule is Cc1ccnc2ccc(C(=O)N3CCc4c(nn(C)c4-c4cc(F)c(F)c(F)c4)[C@@H]3C)cc12. The van der Waals surface area contributed by atoms with Crippen LogP contribution in [0.2, 0.25) is 0 Å². The first-order valence-corrected chi connectivity index (χ1v) is 10.6. The van der Waals surface area contributed by atoms with Crippen molar-refractivity contribution < 1.29 is 18.0 Å². The highest BCUT2D eigenvalue weighted by molar-refractivity contribution is 5.99. The Bertz CT molecular complexity index is 1410. The van der Waals surface area contributed by atoms with Crippen molar-refractivity contribution in [3.05, 3.63) is 82.4 Å². The van der Waals surface area contributed by atoms with Gasteiger partial charge in [-0.15, -0.1) is 0 Å². The highest BCUT2D eigenvalue weighted by atomic mass is 19.2. The molecule has 0 saturated carbocycles. The second-order valence-corrected chi connectivity index (χ2v) is 8.37. The van der Waals surface area contributed by atoms with Crippen molar-refractivity contribution in [2.24, 2.45) is 7.05 Å². The Labute approximate surface area is 188 Å². The van der Waals surface area contributed by atoms with Crippen molar-refractivity contribution in [1.29, 1.82) is 0 Å². The number of hydrogen-bond donors (Lipinski definition) is 0. The van der Waals surface area contributed by atoms with E-state index in [9.17, 15) is 18.0 Å². The maximum Gasteiger partial charge on any atom is 0.254 e. The van der Waals surface area contributed by atoms with E-state index < -0.39 is 17.5 Å². The molecule has 0 spiro atoms. The lowest BCUT2D eigenvalue weighted by molar-refractivity contribution is 0.0674. The first-order valence-electron chi connectivity index (χ1n) is 10.6. The number of fused-ring (bicyclic) bond motifs is 2. The van der Waals surface area contributed by atoms with Gasteiger partial charge in [-0.1, -0.05) is 0 Å². The number of carbonyl (C=O) groups is 1. The lowest BCUT2D eigenvalue weighted by Crippen LogP contribution is -2.38. The number of carbonyl (C=O) groups excluding carboxylic acids is 1. The summed E-state index contributed by atoms with van der Waals surface area (Å²) in [4.78, 5) is 19.5. The van der Waals surface area contributed by atoms with E-state index in [1.165, 1.54) is 4.68 Å². The van der Waals surface area contributed by atoms with Crippen molar-refractivity contribution in [3.8, 4) is 11.3 Å². The van der Waals surface area contributed by atoms with Crippen molar-refractivity contribution in [1.82, 2.24) is 19.7 Å². The van der Waals surface area contributed by atoms with E-state index in [1.807, 2.05) is 32.0 Å². The highest BCUT2D eigenvalue weighted by Gasteiger charge is 2.33. The Balaban J connectivity index is 1.51. The van der Waals surface area contributed by atoms with Crippen LogP contribution in [-0.2, 0) is 13.5 Å².